The van der Waals surface area contributed by atoms with E-state index in [9.17, 15) is 4.79 Å². The van der Waals surface area contributed by atoms with Crippen LogP contribution in [0.25, 0.3) is 0 Å². The lowest BCUT2D eigenvalue weighted by Gasteiger charge is -2.09. The molecule has 1 aromatic rings. The Morgan fingerprint density at radius 3 is 2.31 bits per heavy atom. The first-order valence-corrected chi connectivity index (χ1v) is 6.10. The van der Waals surface area contributed by atoms with Crippen molar-refractivity contribution in [1.82, 2.24) is 9.78 Å². The van der Waals surface area contributed by atoms with Crippen LogP contribution in [-0.4, -0.2) is 15.6 Å². The van der Waals surface area contributed by atoms with E-state index in [-0.39, 0.29) is 5.78 Å². The zero-order chi connectivity index (χ0) is 12.3. The van der Waals surface area contributed by atoms with Gasteiger partial charge in [0.25, 0.3) is 0 Å². The number of carbonyl (C=O) groups excluding carboxylic acids is 1. The molecular weight excluding hydrogens is 200 g/mol. The van der Waals surface area contributed by atoms with E-state index < -0.39 is 0 Å². The molecule has 0 aromatic carbocycles. The SMILES string of the molecule is CCc1nn(CC(C)C)c(CC)c1C(C)=O. The Bertz CT molecular complexity index is 378. The molecule has 0 unspecified atom stereocenters. The van der Waals surface area contributed by atoms with Gasteiger partial charge in [-0.05, 0) is 25.7 Å². The Labute approximate surface area is 97.8 Å². The highest BCUT2D eigenvalue weighted by Crippen LogP contribution is 2.18. The van der Waals surface area contributed by atoms with Crippen molar-refractivity contribution in [2.24, 2.45) is 5.92 Å². The van der Waals surface area contributed by atoms with Gasteiger partial charge in [-0.2, -0.15) is 5.10 Å². The van der Waals surface area contributed by atoms with Gasteiger partial charge in [-0.25, -0.2) is 0 Å². The number of aromatic nitrogens is 2. The van der Waals surface area contributed by atoms with Crippen LogP contribution in [0.3, 0.4) is 0 Å². The molecule has 3 nitrogen and oxygen atoms in total. The molecular formula is C13H22N2O. The van der Waals surface area contributed by atoms with Crippen molar-refractivity contribution < 1.29 is 4.79 Å². The predicted molar refractivity (Wildman–Crippen MR) is 65.8 cm³/mol. The van der Waals surface area contributed by atoms with Crippen molar-refractivity contribution in [3.63, 3.8) is 0 Å². The van der Waals surface area contributed by atoms with E-state index in [2.05, 4.69) is 25.9 Å². The van der Waals surface area contributed by atoms with Crippen molar-refractivity contribution in [1.29, 1.82) is 0 Å². The van der Waals surface area contributed by atoms with Gasteiger partial charge in [0.05, 0.1) is 11.3 Å². The zero-order valence-electron chi connectivity index (χ0n) is 11.0. The van der Waals surface area contributed by atoms with Crippen LogP contribution < -0.4 is 0 Å². The molecule has 0 spiro atoms. The van der Waals surface area contributed by atoms with Crippen molar-refractivity contribution in [3.8, 4) is 0 Å². The first-order chi connectivity index (χ1) is 7.51. The number of carbonyl (C=O) groups is 1. The van der Waals surface area contributed by atoms with Gasteiger partial charge in [-0.15, -0.1) is 0 Å². The van der Waals surface area contributed by atoms with E-state index in [1.165, 1.54) is 0 Å². The summed E-state index contributed by atoms with van der Waals surface area (Å²) in [7, 11) is 0. The number of aryl methyl sites for hydroxylation is 1. The molecule has 0 aliphatic rings. The molecule has 0 atom stereocenters. The summed E-state index contributed by atoms with van der Waals surface area (Å²) in [6, 6.07) is 0. The van der Waals surface area contributed by atoms with Crippen molar-refractivity contribution in [2.45, 2.75) is 54.0 Å². The Hall–Kier alpha value is -1.12. The average Bonchev–Trinajstić information content (AvgIpc) is 2.54. The molecule has 0 amide bonds. The molecule has 90 valence electrons. The molecule has 0 N–H and O–H groups in total. The fourth-order valence-corrected chi connectivity index (χ4v) is 2.06. The summed E-state index contributed by atoms with van der Waals surface area (Å²) in [5.41, 5.74) is 2.90. The first-order valence-electron chi connectivity index (χ1n) is 6.10. The summed E-state index contributed by atoms with van der Waals surface area (Å²) in [6.07, 6.45) is 1.70. The molecule has 0 radical (unpaired) electrons. The monoisotopic (exact) mass is 222 g/mol. The number of Topliss-reactive ketones (excluding diaryl/α,β-unsaturated/α-hetero) is 1. The predicted octanol–water partition coefficient (Wildman–Crippen LogP) is 2.87. The van der Waals surface area contributed by atoms with Gasteiger partial charge in [0.15, 0.2) is 5.78 Å². The van der Waals surface area contributed by atoms with Crippen LogP contribution >= 0.6 is 0 Å². The smallest absolute Gasteiger partial charge is 0.163 e. The molecule has 16 heavy (non-hydrogen) atoms. The summed E-state index contributed by atoms with van der Waals surface area (Å²) in [5, 5.41) is 4.56. The second-order valence-corrected chi connectivity index (χ2v) is 4.61. The lowest BCUT2D eigenvalue weighted by molar-refractivity contribution is 0.101. The Balaban J connectivity index is 3.24. The maximum atomic E-state index is 11.7. The Morgan fingerprint density at radius 2 is 1.94 bits per heavy atom. The summed E-state index contributed by atoms with van der Waals surface area (Å²) in [4.78, 5) is 11.7. The molecule has 1 heterocycles. The first kappa shape index (κ1) is 12.9. The second kappa shape index (κ2) is 5.28. The molecule has 1 aromatic heterocycles. The summed E-state index contributed by atoms with van der Waals surface area (Å²) < 4.78 is 2.01. The number of ketones is 1. The maximum absolute atomic E-state index is 11.7. The highest BCUT2D eigenvalue weighted by molar-refractivity contribution is 5.96. The number of hydrogen-bond acceptors (Lipinski definition) is 2. The third-order valence-corrected chi connectivity index (χ3v) is 2.69. The molecule has 0 aliphatic heterocycles. The highest BCUT2D eigenvalue weighted by atomic mass is 16.1. The van der Waals surface area contributed by atoms with Gasteiger partial charge >= 0.3 is 0 Å². The van der Waals surface area contributed by atoms with Crippen LogP contribution in [0.1, 0.15) is 56.4 Å². The van der Waals surface area contributed by atoms with Gasteiger partial charge in [0.1, 0.15) is 0 Å². The van der Waals surface area contributed by atoms with Gasteiger partial charge in [-0.1, -0.05) is 27.7 Å². The molecule has 0 fully saturated rings. The van der Waals surface area contributed by atoms with E-state index in [1.54, 1.807) is 6.92 Å². The number of hydrogen-bond donors (Lipinski definition) is 0. The molecule has 0 saturated carbocycles. The van der Waals surface area contributed by atoms with E-state index >= 15 is 0 Å². The topological polar surface area (TPSA) is 34.9 Å². The minimum absolute atomic E-state index is 0.142. The van der Waals surface area contributed by atoms with Crippen LogP contribution in [0, 0.1) is 5.92 Å². The van der Waals surface area contributed by atoms with E-state index in [0.29, 0.717) is 5.92 Å². The molecule has 1 rings (SSSR count). The van der Waals surface area contributed by atoms with Crippen LogP contribution in [0.4, 0.5) is 0 Å². The van der Waals surface area contributed by atoms with Crippen molar-refractivity contribution in [2.75, 3.05) is 0 Å². The molecule has 0 bridgehead atoms. The number of nitrogens with zero attached hydrogens (tertiary/aromatic N) is 2. The van der Waals surface area contributed by atoms with Gasteiger partial charge < -0.3 is 0 Å². The van der Waals surface area contributed by atoms with Gasteiger partial charge in [-0.3, -0.25) is 9.48 Å². The van der Waals surface area contributed by atoms with Crippen molar-refractivity contribution >= 4 is 5.78 Å². The summed E-state index contributed by atoms with van der Waals surface area (Å²) >= 11 is 0. The second-order valence-electron chi connectivity index (χ2n) is 4.61. The Kier molecular flexibility index (Phi) is 4.27. The number of rotatable bonds is 5. The summed E-state index contributed by atoms with van der Waals surface area (Å²) in [6.45, 7) is 11.0. The maximum Gasteiger partial charge on any atom is 0.163 e. The third kappa shape index (κ3) is 2.52. The van der Waals surface area contributed by atoms with Crippen LogP contribution in [0.15, 0.2) is 0 Å². The highest BCUT2D eigenvalue weighted by Gasteiger charge is 2.18. The fraction of sp³-hybridized carbons (Fsp3) is 0.692. The standard InChI is InChI=1S/C13H22N2O/c1-6-11-13(10(5)16)12(7-2)15(14-11)8-9(3)4/h9H,6-8H2,1-5H3. The zero-order valence-corrected chi connectivity index (χ0v) is 11.0. The Morgan fingerprint density at radius 1 is 1.31 bits per heavy atom. The fourth-order valence-electron chi connectivity index (χ4n) is 2.06. The molecule has 3 heteroatoms. The van der Waals surface area contributed by atoms with E-state index in [0.717, 1.165) is 36.3 Å². The largest absolute Gasteiger partial charge is 0.294 e. The molecule has 0 aliphatic carbocycles. The molecule has 0 saturated heterocycles. The van der Waals surface area contributed by atoms with Gasteiger partial charge in [0.2, 0.25) is 0 Å². The van der Waals surface area contributed by atoms with Crippen molar-refractivity contribution in [3.05, 3.63) is 17.0 Å². The van der Waals surface area contributed by atoms with Crippen LogP contribution in [0.2, 0.25) is 0 Å². The van der Waals surface area contributed by atoms with Crippen LogP contribution in [-0.2, 0) is 19.4 Å². The lowest BCUT2D eigenvalue weighted by atomic mass is 10.1. The quantitative estimate of drug-likeness (QED) is 0.718. The van der Waals surface area contributed by atoms with Gasteiger partial charge in [0, 0.05) is 12.2 Å². The minimum Gasteiger partial charge on any atom is -0.294 e. The normalized spacial score (nSPS) is 11.1. The average molecular weight is 222 g/mol. The van der Waals surface area contributed by atoms with E-state index in [1.807, 2.05) is 11.6 Å². The minimum atomic E-state index is 0.142. The summed E-state index contributed by atoms with van der Waals surface area (Å²) in [5.74, 6) is 0.693. The third-order valence-electron chi connectivity index (χ3n) is 2.69. The lowest BCUT2D eigenvalue weighted by Crippen LogP contribution is -2.10. The van der Waals surface area contributed by atoms with E-state index in [4.69, 9.17) is 0 Å². The van der Waals surface area contributed by atoms with Crippen LogP contribution in [0.5, 0.6) is 0 Å².